The molecule has 1 aromatic carbocycles. The van der Waals surface area contributed by atoms with Crippen LogP contribution in [0.2, 0.25) is 0 Å². The van der Waals surface area contributed by atoms with Crippen molar-refractivity contribution in [2.45, 2.75) is 50.7 Å². The Morgan fingerprint density at radius 1 is 0.957 bits per heavy atom. The molecule has 1 atom stereocenters. The minimum atomic E-state index is -0.122. The molecule has 3 rings (SSSR count). The van der Waals surface area contributed by atoms with E-state index in [0.717, 1.165) is 32.3 Å². The average Bonchev–Trinajstić information content (AvgIpc) is 3.26. The molecule has 0 spiro atoms. The number of carbonyl (C=O) groups excluding carboxylic acids is 2. The van der Waals surface area contributed by atoms with E-state index in [0.29, 0.717) is 23.7 Å². The van der Waals surface area contributed by atoms with Crippen molar-refractivity contribution >= 4 is 11.8 Å². The van der Waals surface area contributed by atoms with Crippen molar-refractivity contribution in [3.8, 4) is 0 Å². The van der Waals surface area contributed by atoms with Gasteiger partial charge >= 0.3 is 0 Å². The van der Waals surface area contributed by atoms with Crippen LogP contribution in [0.15, 0.2) is 24.3 Å². The topological polar surface area (TPSA) is 67.4 Å². The van der Waals surface area contributed by atoms with Crippen molar-refractivity contribution < 1.29 is 14.3 Å². The summed E-state index contributed by atoms with van der Waals surface area (Å²) in [5, 5.41) is 5.93. The Morgan fingerprint density at radius 2 is 1.61 bits per heavy atom. The van der Waals surface area contributed by atoms with E-state index >= 15 is 0 Å². The van der Waals surface area contributed by atoms with Crippen molar-refractivity contribution in [1.82, 2.24) is 10.6 Å². The minimum Gasteiger partial charge on any atom is -0.376 e. The summed E-state index contributed by atoms with van der Waals surface area (Å²) in [5.41, 5.74) is 1.17. The van der Waals surface area contributed by atoms with Crippen molar-refractivity contribution in [1.29, 1.82) is 0 Å². The van der Waals surface area contributed by atoms with Gasteiger partial charge in [0.2, 0.25) is 0 Å². The van der Waals surface area contributed by atoms with E-state index in [1.54, 1.807) is 24.3 Å². The molecule has 23 heavy (non-hydrogen) atoms. The van der Waals surface area contributed by atoms with Crippen LogP contribution >= 0.6 is 0 Å². The lowest BCUT2D eigenvalue weighted by molar-refractivity contribution is 0.0857. The molecular weight excluding hydrogens is 292 g/mol. The second-order valence-corrected chi connectivity index (χ2v) is 6.38. The normalized spacial score (nSPS) is 21.3. The zero-order valence-electron chi connectivity index (χ0n) is 13.3. The lowest BCUT2D eigenvalue weighted by atomic mass is 10.1. The fourth-order valence-electron chi connectivity index (χ4n) is 3.23. The molecule has 0 radical (unpaired) electrons. The Labute approximate surface area is 136 Å². The van der Waals surface area contributed by atoms with Crippen molar-refractivity contribution in [2.24, 2.45) is 0 Å². The molecule has 1 heterocycles. The number of amides is 2. The number of benzene rings is 1. The molecule has 0 aromatic heterocycles. The molecule has 1 aliphatic heterocycles. The van der Waals surface area contributed by atoms with Crippen LogP contribution in [0, 0.1) is 0 Å². The number of rotatable bonds is 5. The molecule has 2 N–H and O–H groups in total. The van der Waals surface area contributed by atoms with Gasteiger partial charge in [-0.15, -0.1) is 0 Å². The first kappa shape index (κ1) is 16.0. The highest BCUT2D eigenvalue weighted by Crippen LogP contribution is 2.18. The molecule has 1 unspecified atom stereocenters. The average molecular weight is 316 g/mol. The number of nitrogens with one attached hydrogen (secondary N) is 2. The van der Waals surface area contributed by atoms with E-state index in [4.69, 9.17) is 4.74 Å². The molecule has 1 saturated carbocycles. The van der Waals surface area contributed by atoms with Crippen LogP contribution in [0.5, 0.6) is 0 Å². The van der Waals surface area contributed by atoms with Gasteiger partial charge in [0.15, 0.2) is 0 Å². The summed E-state index contributed by atoms with van der Waals surface area (Å²) in [6.45, 7) is 1.33. The zero-order chi connectivity index (χ0) is 16.1. The van der Waals surface area contributed by atoms with E-state index in [9.17, 15) is 9.59 Å². The van der Waals surface area contributed by atoms with Gasteiger partial charge in [-0.3, -0.25) is 9.59 Å². The lowest BCUT2D eigenvalue weighted by Gasteiger charge is -2.13. The van der Waals surface area contributed by atoms with Crippen molar-refractivity contribution in [3.05, 3.63) is 35.4 Å². The summed E-state index contributed by atoms with van der Waals surface area (Å²) in [4.78, 5) is 24.2. The maximum absolute atomic E-state index is 12.2. The Balaban J connectivity index is 1.51. The summed E-state index contributed by atoms with van der Waals surface area (Å²) < 4.78 is 5.49. The first-order valence-corrected chi connectivity index (χ1v) is 8.53. The van der Waals surface area contributed by atoms with Gasteiger partial charge in [0.05, 0.1) is 6.10 Å². The highest BCUT2D eigenvalue weighted by atomic mass is 16.5. The third-order valence-electron chi connectivity index (χ3n) is 4.61. The third kappa shape index (κ3) is 4.32. The molecule has 0 bridgehead atoms. The number of hydrogen-bond acceptors (Lipinski definition) is 3. The molecule has 2 fully saturated rings. The van der Waals surface area contributed by atoms with Crippen LogP contribution in [0.4, 0.5) is 0 Å². The first-order chi connectivity index (χ1) is 11.2. The van der Waals surface area contributed by atoms with Gasteiger partial charge in [-0.1, -0.05) is 12.8 Å². The molecule has 124 valence electrons. The fourth-order valence-corrected chi connectivity index (χ4v) is 3.23. The second-order valence-electron chi connectivity index (χ2n) is 6.38. The van der Waals surface area contributed by atoms with Crippen LogP contribution in [0.3, 0.4) is 0 Å². The maximum atomic E-state index is 12.2. The molecule has 1 saturated heterocycles. The summed E-state index contributed by atoms with van der Waals surface area (Å²) in [6.07, 6.45) is 6.70. The maximum Gasteiger partial charge on any atom is 0.251 e. The number of carbonyl (C=O) groups is 2. The molecule has 2 aliphatic rings. The number of hydrogen-bond donors (Lipinski definition) is 2. The Hall–Kier alpha value is -1.88. The predicted octanol–water partition coefficient (Wildman–Crippen LogP) is 2.27. The van der Waals surface area contributed by atoms with E-state index < -0.39 is 0 Å². The molecular formula is C18H24N2O3. The molecule has 5 heteroatoms. The Kier molecular flexibility index (Phi) is 5.28. The van der Waals surface area contributed by atoms with Gasteiger partial charge in [0.1, 0.15) is 0 Å². The summed E-state index contributed by atoms with van der Waals surface area (Å²) in [5.74, 6) is -0.175. The van der Waals surface area contributed by atoms with E-state index in [1.807, 2.05) is 0 Å². The van der Waals surface area contributed by atoms with Crippen LogP contribution < -0.4 is 10.6 Å². The highest BCUT2D eigenvalue weighted by Gasteiger charge is 2.19. The SMILES string of the molecule is O=C(NCC1CCCO1)c1ccc(C(=O)NC2CCCC2)cc1. The van der Waals surface area contributed by atoms with E-state index in [1.165, 1.54) is 12.8 Å². The fraction of sp³-hybridized carbons (Fsp3) is 0.556. The standard InChI is InChI=1S/C18H24N2O3/c21-17(19-12-16-6-3-11-23-16)13-7-9-14(10-8-13)18(22)20-15-4-1-2-5-15/h7-10,15-16H,1-6,11-12H2,(H,19,21)(H,20,22). The molecule has 1 aliphatic carbocycles. The van der Waals surface area contributed by atoms with Gasteiger partial charge in [0, 0.05) is 30.3 Å². The Bertz CT molecular complexity index is 544. The zero-order valence-corrected chi connectivity index (χ0v) is 13.3. The van der Waals surface area contributed by atoms with Gasteiger partial charge in [-0.05, 0) is 49.9 Å². The molecule has 2 amide bonds. The summed E-state index contributed by atoms with van der Waals surface area (Å²) in [7, 11) is 0. The highest BCUT2D eigenvalue weighted by molar-refractivity contribution is 5.97. The van der Waals surface area contributed by atoms with Crippen LogP contribution in [-0.2, 0) is 4.74 Å². The van der Waals surface area contributed by atoms with E-state index in [2.05, 4.69) is 10.6 Å². The Morgan fingerprint density at radius 3 is 2.22 bits per heavy atom. The first-order valence-electron chi connectivity index (χ1n) is 8.53. The molecule has 1 aromatic rings. The van der Waals surface area contributed by atoms with Crippen LogP contribution in [0.1, 0.15) is 59.2 Å². The summed E-state index contributed by atoms with van der Waals surface area (Å²) in [6, 6.07) is 7.14. The third-order valence-corrected chi connectivity index (χ3v) is 4.61. The van der Waals surface area contributed by atoms with Crippen LogP contribution in [0.25, 0.3) is 0 Å². The van der Waals surface area contributed by atoms with Gasteiger partial charge in [0.25, 0.3) is 11.8 Å². The number of ether oxygens (including phenoxy) is 1. The van der Waals surface area contributed by atoms with Crippen molar-refractivity contribution in [2.75, 3.05) is 13.2 Å². The van der Waals surface area contributed by atoms with Crippen molar-refractivity contribution in [3.63, 3.8) is 0 Å². The molecule has 5 nitrogen and oxygen atoms in total. The summed E-state index contributed by atoms with van der Waals surface area (Å²) >= 11 is 0. The lowest BCUT2D eigenvalue weighted by Crippen LogP contribution is -2.33. The van der Waals surface area contributed by atoms with Gasteiger partial charge in [-0.25, -0.2) is 0 Å². The largest absolute Gasteiger partial charge is 0.376 e. The quantitative estimate of drug-likeness (QED) is 0.875. The van der Waals surface area contributed by atoms with Crippen LogP contribution in [-0.4, -0.2) is 37.1 Å². The van der Waals surface area contributed by atoms with E-state index in [-0.39, 0.29) is 17.9 Å². The minimum absolute atomic E-state index is 0.0526. The van der Waals surface area contributed by atoms with Gasteiger partial charge < -0.3 is 15.4 Å². The second kappa shape index (κ2) is 7.59. The van der Waals surface area contributed by atoms with Gasteiger partial charge in [-0.2, -0.15) is 0 Å². The smallest absolute Gasteiger partial charge is 0.251 e. The monoisotopic (exact) mass is 316 g/mol. The predicted molar refractivity (Wildman–Crippen MR) is 87.5 cm³/mol.